The van der Waals surface area contributed by atoms with E-state index in [2.05, 4.69) is 17.2 Å². The first-order valence-corrected chi connectivity index (χ1v) is 7.56. The quantitative estimate of drug-likeness (QED) is 0.848. The molecule has 0 saturated carbocycles. The zero-order valence-electron chi connectivity index (χ0n) is 11.4. The largest absolute Gasteiger partial charge is 0.395 e. The minimum atomic E-state index is -0.188. The van der Waals surface area contributed by atoms with Crippen LogP contribution in [0, 0.1) is 18.8 Å². The van der Waals surface area contributed by atoms with Crippen LogP contribution in [0.15, 0.2) is 30.3 Å². The van der Waals surface area contributed by atoms with Gasteiger partial charge in [0.25, 0.3) is 5.91 Å². The first-order valence-electron chi connectivity index (χ1n) is 6.36. The number of benzene rings is 1. The van der Waals surface area contributed by atoms with Crippen molar-refractivity contribution in [2.75, 3.05) is 11.9 Å². The third kappa shape index (κ3) is 4.61. The lowest BCUT2D eigenvalue weighted by Crippen LogP contribution is -2.10. The average molecular weight is 320 g/mol. The van der Waals surface area contributed by atoms with Gasteiger partial charge in [0.2, 0.25) is 0 Å². The molecule has 1 amide bonds. The fourth-order valence-corrected chi connectivity index (χ4v) is 2.72. The Morgan fingerprint density at radius 2 is 2.19 bits per heavy atom. The number of thiophene rings is 1. The molecule has 0 bridgehead atoms. The minimum Gasteiger partial charge on any atom is -0.395 e. The van der Waals surface area contributed by atoms with Crippen LogP contribution in [0.4, 0.5) is 5.69 Å². The summed E-state index contributed by atoms with van der Waals surface area (Å²) in [6, 6.07) is 9.01. The van der Waals surface area contributed by atoms with Gasteiger partial charge in [-0.05, 0) is 42.8 Å². The van der Waals surface area contributed by atoms with Crippen LogP contribution in [0.2, 0.25) is 4.34 Å². The molecule has 0 aliphatic carbocycles. The molecule has 0 unspecified atom stereocenters. The fourth-order valence-electron chi connectivity index (χ4n) is 1.78. The van der Waals surface area contributed by atoms with Crippen molar-refractivity contribution in [2.24, 2.45) is 0 Å². The Morgan fingerprint density at radius 1 is 1.38 bits per heavy atom. The summed E-state index contributed by atoms with van der Waals surface area (Å²) in [7, 11) is 0. The standard InChI is InChI=1S/C16H14ClNO2S/c1-11-8-12(4-2-3-7-19)10-13(9-11)18-16(20)14-5-6-15(17)21-14/h5-6,8-10,19H,3,7H2,1H3,(H,18,20). The van der Waals surface area contributed by atoms with Crippen molar-refractivity contribution in [1.29, 1.82) is 0 Å². The number of anilines is 1. The molecule has 2 N–H and O–H groups in total. The Kier molecular flexibility index (Phi) is 5.40. The summed E-state index contributed by atoms with van der Waals surface area (Å²) in [6.07, 6.45) is 0.434. The molecule has 2 aromatic rings. The van der Waals surface area contributed by atoms with Gasteiger partial charge < -0.3 is 10.4 Å². The smallest absolute Gasteiger partial charge is 0.265 e. The maximum Gasteiger partial charge on any atom is 0.265 e. The maximum absolute atomic E-state index is 12.1. The molecule has 1 heterocycles. The van der Waals surface area contributed by atoms with E-state index in [1.165, 1.54) is 11.3 Å². The number of halogens is 1. The monoisotopic (exact) mass is 319 g/mol. The summed E-state index contributed by atoms with van der Waals surface area (Å²) >= 11 is 7.07. The molecule has 3 nitrogen and oxygen atoms in total. The normalized spacial score (nSPS) is 9.86. The van der Waals surface area contributed by atoms with E-state index < -0.39 is 0 Å². The SMILES string of the molecule is Cc1cc(C#CCCO)cc(NC(=O)c2ccc(Cl)s2)c1. The Hall–Kier alpha value is -1.80. The van der Waals surface area contributed by atoms with Crippen LogP contribution < -0.4 is 5.32 Å². The second-order valence-electron chi connectivity index (χ2n) is 4.42. The van der Waals surface area contributed by atoms with Gasteiger partial charge in [0, 0.05) is 17.7 Å². The summed E-state index contributed by atoms with van der Waals surface area (Å²) in [6.45, 7) is 1.98. The van der Waals surface area contributed by atoms with E-state index >= 15 is 0 Å². The van der Waals surface area contributed by atoms with Gasteiger partial charge in [0.15, 0.2) is 0 Å². The van der Waals surface area contributed by atoms with Gasteiger partial charge in [-0.1, -0.05) is 23.4 Å². The van der Waals surface area contributed by atoms with Crippen LogP contribution in [0.3, 0.4) is 0 Å². The molecular formula is C16H14ClNO2S. The van der Waals surface area contributed by atoms with Gasteiger partial charge in [0.05, 0.1) is 15.8 Å². The highest BCUT2D eigenvalue weighted by atomic mass is 35.5. The van der Waals surface area contributed by atoms with Crippen molar-refractivity contribution in [2.45, 2.75) is 13.3 Å². The van der Waals surface area contributed by atoms with Crippen LogP contribution in [0.5, 0.6) is 0 Å². The van der Waals surface area contributed by atoms with Gasteiger partial charge in [-0.15, -0.1) is 11.3 Å². The van der Waals surface area contributed by atoms with Crippen molar-refractivity contribution >= 4 is 34.5 Å². The molecule has 0 atom stereocenters. The van der Waals surface area contributed by atoms with Gasteiger partial charge in [-0.2, -0.15) is 0 Å². The van der Waals surface area contributed by atoms with Crippen LogP contribution in [-0.4, -0.2) is 17.6 Å². The summed E-state index contributed by atoms with van der Waals surface area (Å²) in [5, 5.41) is 11.6. The Labute approximate surface area is 132 Å². The van der Waals surface area contributed by atoms with Crippen LogP contribution in [-0.2, 0) is 0 Å². The molecule has 2 rings (SSSR count). The van der Waals surface area contributed by atoms with Gasteiger partial charge in [0.1, 0.15) is 0 Å². The number of aliphatic hydroxyl groups excluding tert-OH is 1. The molecule has 108 valence electrons. The number of carbonyl (C=O) groups excluding carboxylic acids is 1. The topological polar surface area (TPSA) is 49.3 Å². The number of aryl methyl sites for hydroxylation is 1. The highest BCUT2D eigenvalue weighted by Crippen LogP contribution is 2.23. The number of hydrogen-bond donors (Lipinski definition) is 2. The van der Waals surface area contributed by atoms with Crippen molar-refractivity contribution in [3.63, 3.8) is 0 Å². The van der Waals surface area contributed by atoms with Crippen molar-refractivity contribution in [3.8, 4) is 11.8 Å². The highest BCUT2D eigenvalue weighted by molar-refractivity contribution is 7.18. The zero-order valence-corrected chi connectivity index (χ0v) is 13.0. The van der Waals surface area contributed by atoms with E-state index in [0.29, 0.717) is 21.3 Å². The van der Waals surface area contributed by atoms with Gasteiger partial charge >= 0.3 is 0 Å². The lowest BCUT2D eigenvalue weighted by Gasteiger charge is -2.06. The van der Waals surface area contributed by atoms with Crippen LogP contribution in [0.25, 0.3) is 0 Å². The Bertz CT molecular complexity index is 713. The Morgan fingerprint density at radius 3 is 2.86 bits per heavy atom. The van der Waals surface area contributed by atoms with Crippen LogP contribution in [0.1, 0.15) is 27.2 Å². The first kappa shape index (κ1) is 15.6. The Balaban J connectivity index is 2.17. The van der Waals surface area contributed by atoms with E-state index in [4.69, 9.17) is 16.7 Å². The molecule has 0 aliphatic rings. The first-order chi connectivity index (χ1) is 10.1. The number of nitrogens with one attached hydrogen (secondary N) is 1. The maximum atomic E-state index is 12.1. The average Bonchev–Trinajstić information content (AvgIpc) is 2.85. The number of aliphatic hydroxyl groups is 1. The number of rotatable bonds is 3. The highest BCUT2D eigenvalue weighted by Gasteiger charge is 2.09. The summed E-state index contributed by atoms with van der Waals surface area (Å²) < 4.78 is 0.583. The van der Waals surface area contributed by atoms with E-state index in [1.807, 2.05) is 25.1 Å². The second-order valence-corrected chi connectivity index (χ2v) is 6.14. The predicted octanol–water partition coefficient (Wildman–Crippen LogP) is 3.70. The molecule has 0 spiro atoms. The van der Waals surface area contributed by atoms with Gasteiger partial charge in [-0.25, -0.2) is 0 Å². The lowest BCUT2D eigenvalue weighted by atomic mass is 10.1. The summed E-state index contributed by atoms with van der Waals surface area (Å²) in [4.78, 5) is 12.6. The third-order valence-electron chi connectivity index (χ3n) is 2.60. The number of amides is 1. The second kappa shape index (κ2) is 7.28. The van der Waals surface area contributed by atoms with E-state index in [-0.39, 0.29) is 12.5 Å². The molecule has 0 radical (unpaired) electrons. The van der Waals surface area contributed by atoms with E-state index in [9.17, 15) is 4.79 Å². The van der Waals surface area contributed by atoms with E-state index in [0.717, 1.165) is 11.1 Å². The van der Waals surface area contributed by atoms with Crippen molar-refractivity contribution < 1.29 is 9.90 Å². The molecule has 21 heavy (non-hydrogen) atoms. The minimum absolute atomic E-state index is 0.0432. The van der Waals surface area contributed by atoms with Crippen LogP contribution >= 0.6 is 22.9 Å². The zero-order chi connectivity index (χ0) is 15.2. The summed E-state index contributed by atoms with van der Waals surface area (Å²) in [5.41, 5.74) is 2.51. The number of hydrogen-bond acceptors (Lipinski definition) is 3. The molecule has 1 aromatic heterocycles. The lowest BCUT2D eigenvalue weighted by molar-refractivity contribution is 0.103. The molecule has 5 heteroatoms. The third-order valence-corrected chi connectivity index (χ3v) is 3.83. The molecular weight excluding hydrogens is 306 g/mol. The van der Waals surface area contributed by atoms with Crippen molar-refractivity contribution in [3.05, 3.63) is 50.7 Å². The predicted molar refractivity (Wildman–Crippen MR) is 87.0 cm³/mol. The molecule has 0 fully saturated rings. The summed E-state index contributed by atoms with van der Waals surface area (Å²) in [5.74, 6) is 5.64. The van der Waals surface area contributed by atoms with Gasteiger partial charge in [-0.3, -0.25) is 4.79 Å². The van der Waals surface area contributed by atoms with Crippen molar-refractivity contribution in [1.82, 2.24) is 0 Å². The number of carbonyl (C=O) groups is 1. The fraction of sp³-hybridized carbons (Fsp3) is 0.188. The molecule has 0 aliphatic heterocycles. The van der Waals surface area contributed by atoms with E-state index in [1.54, 1.807) is 12.1 Å². The molecule has 1 aromatic carbocycles. The molecule has 0 saturated heterocycles.